The van der Waals surface area contributed by atoms with Crippen molar-refractivity contribution in [1.82, 2.24) is 0 Å². The van der Waals surface area contributed by atoms with E-state index in [9.17, 15) is 0 Å². The molecule has 0 nitrogen and oxygen atoms in total. The van der Waals surface area contributed by atoms with E-state index in [1.165, 1.54) is 12.8 Å². The third kappa shape index (κ3) is 0.820. The number of hydrogen-bond acceptors (Lipinski definition) is 0. The van der Waals surface area contributed by atoms with E-state index in [0.29, 0.717) is 11.8 Å². The van der Waals surface area contributed by atoms with E-state index in [2.05, 4.69) is 12.2 Å². The van der Waals surface area contributed by atoms with Crippen LogP contribution in [0.2, 0.25) is 0 Å². The molecule has 0 aromatic heterocycles. The molecule has 2 aliphatic rings. The Balaban J connectivity index is 2.11. The molecule has 2 rings (SSSR count). The van der Waals surface area contributed by atoms with Gasteiger partial charge in [0.1, 0.15) is 0 Å². The van der Waals surface area contributed by atoms with Gasteiger partial charge in [-0.2, -0.15) is 0 Å². The molecule has 56 valence electrons. The summed E-state index contributed by atoms with van der Waals surface area (Å²) < 4.78 is 0. The molecule has 4 atom stereocenters. The van der Waals surface area contributed by atoms with E-state index >= 15 is 0 Å². The zero-order valence-electron chi connectivity index (χ0n) is 5.63. The van der Waals surface area contributed by atoms with Gasteiger partial charge in [0.15, 0.2) is 0 Å². The number of rotatable bonds is 0. The van der Waals surface area contributed by atoms with Gasteiger partial charge in [-0.3, -0.25) is 0 Å². The van der Waals surface area contributed by atoms with Crippen molar-refractivity contribution in [2.24, 2.45) is 11.8 Å². The number of allylic oxidation sites excluding steroid dienone is 2. The topological polar surface area (TPSA) is 0 Å². The van der Waals surface area contributed by atoms with E-state index in [4.69, 9.17) is 23.2 Å². The first-order valence-corrected chi connectivity index (χ1v) is 4.63. The second kappa shape index (κ2) is 2.42. The molecule has 10 heavy (non-hydrogen) atoms. The van der Waals surface area contributed by atoms with Crippen LogP contribution >= 0.6 is 23.2 Å². The zero-order valence-corrected chi connectivity index (χ0v) is 7.15. The highest BCUT2D eigenvalue weighted by atomic mass is 35.5. The Morgan fingerprint density at radius 3 is 2.70 bits per heavy atom. The van der Waals surface area contributed by atoms with Crippen molar-refractivity contribution in [3.63, 3.8) is 0 Å². The lowest BCUT2D eigenvalue weighted by atomic mass is 9.68. The van der Waals surface area contributed by atoms with Crippen LogP contribution in [0, 0.1) is 11.8 Å². The molecule has 0 amide bonds. The molecule has 0 N–H and O–H groups in total. The van der Waals surface area contributed by atoms with Gasteiger partial charge in [-0.25, -0.2) is 0 Å². The fraction of sp³-hybridized carbons (Fsp3) is 0.750. The highest BCUT2D eigenvalue weighted by molar-refractivity contribution is 6.31. The fourth-order valence-electron chi connectivity index (χ4n) is 1.89. The first-order valence-electron chi connectivity index (χ1n) is 3.75. The summed E-state index contributed by atoms with van der Waals surface area (Å²) in [6.07, 6.45) is 6.87. The van der Waals surface area contributed by atoms with Gasteiger partial charge in [-0.1, -0.05) is 12.2 Å². The van der Waals surface area contributed by atoms with Gasteiger partial charge in [-0.05, 0) is 24.7 Å². The summed E-state index contributed by atoms with van der Waals surface area (Å²) in [5.41, 5.74) is 0. The summed E-state index contributed by atoms with van der Waals surface area (Å²) in [7, 11) is 0. The molecule has 0 aromatic rings. The first-order chi connectivity index (χ1) is 4.80. The second-order valence-corrected chi connectivity index (χ2v) is 4.14. The monoisotopic (exact) mass is 176 g/mol. The minimum Gasteiger partial charge on any atom is -0.121 e. The lowest BCUT2D eigenvalue weighted by molar-refractivity contribution is 0.219. The van der Waals surface area contributed by atoms with Crippen molar-refractivity contribution in [3.8, 4) is 0 Å². The standard InChI is InChI=1S/C8H10Cl2/c9-7-5-3-1-2-4-6(5)8(7)10/h1,3,5-8H,2,4H2. The van der Waals surface area contributed by atoms with Crippen molar-refractivity contribution in [1.29, 1.82) is 0 Å². The Kier molecular flexibility index (Phi) is 1.69. The second-order valence-electron chi connectivity index (χ2n) is 3.14. The Morgan fingerprint density at radius 2 is 2.00 bits per heavy atom. The largest absolute Gasteiger partial charge is 0.121 e. The maximum atomic E-state index is 6.01. The van der Waals surface area contributed by atoms with E-state index in [1.807, 2.05) is 0 Å². The normalized spacial score (nSPS) is 51.8. The highest BCUT2D eigenvalue weighted by Gasteiger charge is 2.47. The fourth-order valence-corrected chi connectivity index (χ4v) is 2.81. The molecule has 0 saturated heterocycles. The SMILES string of the molecule is ClC1C(Cl)C2CCC=CC12. The van der Waals surface area contributed by atoms with Crippen LogP contribution in [-0.4, -0.2) is 10.8 Å². The Labute approximate surface area is 71.2 Å². The van der Waals surface area contributed by atoms with Gasteiger partial charge in [0.05, 0.1) is 10.8 Å². The van der Waals surface area contributed by atoms with Crippen LogP contribution in [0.5, 0.6) is 0 Å². The predicted molar refractivity (Wildman–Crippen MR) is 44.6 cm³/mol. The van der Waals surface area contributed by atoms with Gasteiger partial charge < -0.3 is 0 Å². The lowest BCUT2D eigenvalue weighted by Gasteiger charge is -2.46. The van der Waals surface area contributed by atoms with Gasteiger partial charge in [0, 0.05) is 0 Å². The van der Waals surface area contributed by atoms with Gasteiger partial charge in [0.2, 0.25) is 0 Å². The van der Waals surface area contributed by atoms with Crippen molar-refractivity contribution < 1.29 is 0 Å². The summed E-state index contributed by atoms with van der Waals surface area (Å²) in [6, 6.07) is 0. The molecule has 0 aromatic carbocycles. The molecular weight excluding hydrogens is 167 g/mol. The summed E-state index contributed by atoms with van der Waals surface area (Å²) in [5.74, 6) is 1.26. The van der Waals surface area contributed by atoms with E-state index in [1.54, 1.807) is 0 Å². The third-order valence-electron chi connectivity index (χ3n) is 2.60. The maximum Gasteiger partial charge on any atom is 0.0568 e. The van der Waals surface area contributed by atoms with Crippen molar-refractivity contribution in [2.75, 3.05) is 0 Å². The summed E-state index contributed by atoms with van der Waals surface area (Å²) >= 11 is 12.0. The maximum absolute atomic E-state index is 6.01. The number of alkyl halides is 2. The smallest absolute Gasteiger partial charge is 0.0568 e. The molecule has 0 bridgehead atoms. The summed E-state index contributed by atoms with van der Waals surface area (Å²) in [5, 5.41) is 0.430. The average Bonchev–Trinajstić information content (AvgIpc) is 2.03. The molecule has 1 fully saturated rings. The molecule has 4 unspecified atom stereocenters. The van der Waals surface area contributed by atoms with Crippen molar-refractivity contribution >= 4 is 23.2 Å². The highest BCUT2D eigenvalue weighted by Crippen LogP contribution is 2.47. The summed E-state index contributed by atoms with van der Waals surface area (Å²) in [6.45, 7) is 0. The first kappa shape index (κ1) is 7.00. The van der Waals surface area contributed by atoms with Crippen LogP contribution in [-0.2, 0) is 0 Å². The van der Waals surface area contributed by atoms with Gasteiger partial charge >= 0.3 is 0 Å². The van der Waals surface area contributed by atoms with Crippen molar-refractivity contribution in [3.05, 3.63) is 12.2 Å². The Morgan fingerprint density at radius 1 is 1.20 bits per heavy atom. The number of halogens is 2. The zero-order chi connectivity index (χ0) is 7.14. The molecule has 0 aliphatic heterocycles. The minimum absolute atomic E-state index is 0.197. The number of fused-ring (bicyclic) bond motifs is 1. The molecule has 2 aliphatic carbocycles. The molecular formula is C8H10Cl2. The van der Waals surface area contributed by atoms with Crippen molar-refractivity contribution in [2.45, 2.75) is 23.6 Å². The number of hydrogen-bond donors (Lipinski definition) is 0. The van der Waals surface area contributed by atoms with Crippen LogP contribution in [0.15, 0.2) is 12.2 Å². The van der Waals surface area contributed by atoms with Gasteiger partial charge in [0.25, 0.3) is 0 Å². The molecule has 2 heteroatoms. The predicted octanol–water partition coefficient (Wildman–Crippen LogP) is 2.80. The van der Waals surface area contributed by atoms with Gasteiger partial charge in [-0.15, -0.1) is 23.2 Å². The quantitative estimate of drug-likeness (QED) is 0.394. The molecule has 0 heterocycles. The molecule has 0 spiro atoms. The van der Waals surface area contributed by atoms with Crippen LogP contribution < -0.4 is 0 Å². The van der Waals surface area contributed by atoms with Crippen LogP contribution in [0.4, 0.5) is 0 Å². The van der Waals surface area contributed by atoms with E-state index in [-0.39, 0.29) is 10.8 Å². The van der Waals surface area contributed by atoms with E-state index in [0.717, 1.165) is 0 Å². The Hall–Kier alpha value is 0.320. The summed E-state index contributed by atoms with van der Waals surface area (Å²) in [4.78, 5) is 0. The van der Waals surface area contributed by atoms with E-state index < -0.39 is 0 Å². The molecule has 1 saturated carbocycles. The third-order valence-corrected chi connectivity index (χ3v) is 3.89. The van der Waals surface area contributed by atoms with Crippen LogP contribution in [0.1, 0.15) is 12.8 Å². The lowest BCUT2D eigenvalue weighted by Crippen LogP contribution is -2.49. The van der Waals surface area contributed by atoms with Crippen LogP contribution in [0.25, 0.3) is 0 Å². The average molecular weight is 177 g/mol. The Bertz CT molecular complexity index is 165. The molecule has 0 radical (unpaired) electrons. The minimum atomic E-state index is 0.197. The van der Waals surface area contributed by atoms with Crippen LogP contribution in [0.3, 0.4) is 0 Å².